The maximum atomic E-state index is 14.7. The Morgan fingerprint density at radius 1 is 1.22 bits per heavy atom. The van der Waals surface area contributed by atoms with E-state index in [-0.39, 0.29) is 29.9 Å². The second kappa shape index (κ2) is 9.43. The molecule has 14 heteroatoms. The number of halogens is 5. The highest BCUT2D eigenvalue weighted by molar-refractivity contribution is 5.97. The van der Waals surface area contributed by atoms with Gasteiger partial charge in [0.1, 0.15) is 23.2 Å². The smallest absolute Gasteiger partial charge is 0.389 e. The van der Waals surface area contributed by atoms with Crippen LogP contribution in [0.5, 0.6) is 0 Å². The zero-order valence-corrected chi connectivity index (χ0v) is 18.6. The number of aliphatic hydroxyl groups is 2. The van der Waals surface area contributed by atoms with E-state index in [1.165, 1.54) is 24.0 Å². The highest BCUT2D eigenvalue weighted by Gasteiger charge is 2.40. The number of carbonyl (C=O) groups excluding carboxylic acids is 1. The van der Waals surface area contributed by atoms with Gasteiger partial charge in [-0.15, -0.1) is 0 Å². The van der Waals surface area contributed by atoms with Gasteiger partial charge in [-0.2, -0.15) is 13.2 Å². The van der Waals surface area contributed by atoms with Gasteiger partial charge in [0.05, 0.1) is 23.8 Å². The van der Waals surface area contributed by atoms with Crippen LogP contribution in [0.1, 0.15) is 23.7 Å². The van der Waals surface area contributed by atoms with E-state index in [2.05, 4.69) is 9.97 Å². The van der Waals surface area contributed by atoms with Crippen LogP contribution in [0.2, 0.25) is 0 Å². The van der Waals surface area contributed by atoms with E-state index in [1.54, 1.807) is 5.32 Å². The first-order chi connectivity index (χ1) is 16.9. The molecule has 9 nitrogen and oxygen atoms in total. The van der Waals surface area contributed by atoms with Crippen molar-refractivity contribution in [3.05, 3.63) is 58.0 Å². The van der Waals surface area contributed by atoms with E-state index < -0.39 is 65.2 Å². The number of β-amino-alcohol motifs (C(OH)–C–C–N with tert-alkyl or cyclic N) is 2. The molecule has 3 aromatic rings. The minimum absolute atomic E-state index is 0.00338. The summed E-state index contributed by atoms with van der Waals surface area (Å²) in [4.78, 5) is 35.3. The molecule has 192 valence electrons. The van der Waals surface area contributed by atoms with Gasteiger partial charge >= 0.3 is 6.18 Å². The SMILES string of the molecule is CCC(NC(=O)c1cn(-c2ncc(F)cc2F)c2nc(N3C[C@@H](O)[C@H](O)C3)ccc2c1=O)C(F)(F)F. The zero-order chi connectivity index (χ0) is 26.4. The van der Waals surface area contributed by atoms with Crippen molar-refractivity contribution >= 4 is 22.8 Å². The third-order valence-electron chi connectivity index (χ3n) is 5.79. The number of nitrogens with one attached hydrogen (secondary N) is 1. The van der Waals surface area contributed by atoms with Gasteiger partial charge in [-0.05, 0) is 18.6 Å². The second-order valence-electron chi connectivity index (χ2n) is 8.26. The number of alkyl halides is 3. The minimum atomic E-state index is -4.77. The highest BCUT2D eigenvalue weighted by atomic mass is 19.4. The van der Waals surface area contributed by atoms with Crippen molar-refractivity contribution in [1.29, 1.82) is 0 Å². The van der Waals surface area contributed by atoms with Crippen LogP contribution < -0.4 is 15.6 Å². The molecule has 0 spiro atoms. The molecule has 1 fully saturated rings. The third-order valence-corrected chi connectivity index (χ3v) is 5.79. The Kier molecular flexibility index (Phi) is 6.66. The number of fused-ring (bicyclic) bond motifs is 1. The first-order valence-corrected chi connectivity index (χ1v) is 10.8. The number of rotatable bonds is 5. The number of anilines is 1. The van der Waals surface area contributed by atoms with Crippen LogP contribution in [0.15, 0.2) is 35.4 Å². The summed E-state index contributed by atoms with van der Waals surface area (Å²) in [6.45, 7) is 1.21. The molecular weight excluding hydrogens is 493 g/mol. The molecule has 3 atom stereocenters. The summed E-state index contributed by atoms with van der Waals surface area (Å²) >= 11 is 0. The van der Waals surface area contributed by atoms with Crippen molar-refractivity contribution in [3.8, 4) is 5.82 Å². The van der Waals surface area contributed by atoms with E-state index in [9.17, 15) is 41.8 Å². The van der Waals surface area contributed by atoms with Gasteiger partial charge in [-0.1, -0.05) is 6.92 Å². The maximum Gasteiger partial charge on any atom is 0.408 e. The van der Waals surface area contributed by atoms with Crippen LogP contribution in [-0.4, -0.2) is 68.2 Å². The topological polar surface area (TPSA) is 121 Å². The number of aliphatic hydroxyl groups excluding tert-OH is 2. The standard InChI is InChI=1S/C22H20F5N5O4/c1-2-16(22(25,26)27)29-21(36)12-7-32(20-13(24)5-10(23)6-28-20)19-11(18(12)35)3-4-17(30-19)31-8-14(33)15(34)9-31/h3-7,14-16,33-34H,2,8-9H2,1H3,(H,29,36)/t14-,15-,16?/m1/s1. The van der Waals surface area contributed by atoms with Gasteiger partial charge < -0.3 is 20.4 Å². The summed E-state index contributed by atoms with van der Waals surface area (Å²) in [7, 11) is 0. The van der Waals surface area contributed by atoms with Gasteiger partial charge in [-0.25, -0.2) is 18.7 Å². The van der Waals surface area contributed by atoms with Gasteiger partial charge in [-0.3, -0.25) is 14.2 Å². The average Bonchev–Trinajstić information content (AvgIpc) is 3.15. The fourth-order valence-corrected chi connectivity index (χ4v) is 3.89. The summed E-state index contributed by atoms with van der Waals surface area (Å²) in [6.07, 6.45) is -5.93. The molecule has 3 N–H and O–H groups in total. The lowest BCUT2D eigenvalue weighted by molar-refractivity contribution is -0.153. The molecule has 0 saturated carbocycles. The molecule has 1 aliphatic rings. The fourth-order valence-electron chi connectivity index (χ4n) is 3.89. The predicted octanol–water partition coefficient (Wildman–Crippen LogP) is 1.67. The molecule has 0 aromatic carbocycles. The van der Waals surface area contributed by atoms with Crippen LogP contribution in [0, 0.1) is 11.6 Å². The Morgan fingerprint density at radius 2 is 1.89 bits per heavy atom. The second-order valence-corrected chi connectivity index (χ2v) is 8.26. The molecule has 1 unspecified atom stereocenters. The Labute approximate surface area is 199 Å². The number of pyridine rings is 3. The lowest BCUT2D eigenvalue weighted by atomic mass is 10.1. The van der Waals surface area contributed by atoms with Crippen LogP contribution in [-0.2, 0) is 0 Å². The molecule has 4 rings (SSSR count). The normalized spacial score (nSPS) is 19.1. The van der Waals surface area contributed by atoms with Gasteiger partial charge in [0.2, 0.25) is 5.43 Å². The van der Waals surface area contributed by atoms with Crippen molar-refractivity contribution in [2.45, 2.75) is 37.8 Å². The van der Waals surface area contributed by atoms with Crippen LogP contribution >= 0.6 is 0 Å². The Balaban J connectivity index is 1.90. The average molecular weight is 513 g/mol. The molecule has 4 heterocycles. The predicted molar refractivity (Wildman–Crippen MR) is 117 cm³/mol. The first kappa shape index (κ1) is 25.4. The first-order valence-electron chi connectivity index (χ1n) is 10.8. The van der Waals surface area contributed by atoms with Gasteiger partial charge in [0.15, 0.2) is 17.3 Å². The van der Waals surface area contributed by atoms with E-state index in [0.717, 1.165) is 10.8 Å². The fraction of sp³-hybridized carbons (Fsp3) is 0.364. The molecule has 1 amide bonds. The molecule has 1 aliphatic heterocycles. The summed E-state index contributed by atoms with van der Waals surface area (Å²) in [6, 6.07) is 0.842. The summed E-state index contributed by atoms with van der Waals surface area (Å²) < 4.78 is 68.6. The summed E-state index contributed by atoms with van der Waals surface area (Å²) in [5.41, 5.74) is -1.94. The van der Waals surface area contributed by atoms with E-state index in [4.69, 9.17) is 0 Å². The zero-order valence-electron chi connectivity index (χ0n) is 18.6. The van der Waals surface area contributed by atoms with E-state index in [1.807, 2.05) is 0 Å². The minimum Gasteiger partial charge on any atom is -0.389 e. The van der Waals surface area contributed by atoms with Crippen molar-refractivity contribution < 1.29 is 37.0 Å². The van der Waals surface area contributed by atoms with Crippen LogP contribution in [0.3, 0.4) is 0 Å². The Bertz CT molecular complexity index is 1370. The number of amides is 1. The lowest BCUT2D eigenvalue weighted by Crippen LogP contribution is -2.46. The lowest BCUT2D eigenvalue weighted by Gasteiger charge is -2.21. The van der Waals surface area contributed by atoms with Gasteiger partial charge in [0.25, 0.3) is 5.91 Å². The quantitative estimate of drug-likeness (QED) is 0.444. The van der Waals surface area contributed by atoms with Crippen molar-refractivity contribution in [2.75, 3.05) is 18.0 Å². The number of hydrogen-bond acceptors (Lipinski definition) is 7. The largest absolute Gasteiger partial charge is 0.408 e. The number of aromatic nitrogens is 3. The summed E-state index contributed by atoms with van der Waals surface area (Å²) in [5.74, 6) is -3.94. The van der Waals surface area contributed by atoms with Crippen molar-refractivity contribution in [3.63, 3.8) is 0 Å². The number of hydrogen-bond donors (Lipinski definition) is 3. The van der Waals surface area contributed by atoms with Crippen LogP contribution in [0.25, 0.3) is 16.9 Å². The van der Waals surface area contributed by atoms with Gasteiger partial charge in [0, 0.05) is 25.4 Å². The van der Waals surface area contributed by atoms with E-state index >= 15 is 0 Å². The van der Waals surface area contributed by atoms with Crippen molar-refractivity contribution in [2.24, 2.45) is 0 Å². The molecule has 0 radical (unpaired) electrons. The third kappa shape index (κ3) is 4.73. The molecule has 36 heavy (non-hydrogen) atoms. The number of nitrogens with zero attached hydrogens (tertiary/aromatic N) is 4. The Morgan fingerprint density at radius 3 is 2.47 bits per heavy atom. The monoisotopic (exact) mass is 513 g/mol. The number of carbonyl (C=O) groups is 1. The molecule has 0 aliphatic carbocycles. The van der Waals surface area contributed by atoms with Crippen molar-refractivity contribution in [1.82, 2.24) is 19.9 Å². The van der Waals surface area contributed by atoms with E-state index in [0.29, 0.717) is 12.3 Å². The maximum absolute atomic E-state index is 14.7. The molecule has 0 bridgehead atoms. The molecule has 3 aromatic heterocycles. The summed E-state index contributed by atoms with van der Waals surface area (Å²) in [5, 5.41) is 21.2. The Hall–Kier alpha value is -3.65. The highest BCUT2D eigenvalue weighted by Crippen LogP contribution is 2.25. The molecule has 1 saturated heterocycles. The van der Waals surface area contributed by atoms with Crippen LogP contribution in [0.4, 0.5) is 27.8 Å². The molecular formula is C22H20F5N5O4.